The molecule has 198 valence electrons. The number of phenols is 1. The van der Waals surface area contributed by atoms with Crippen molar-refractivity contribution in [3.8, 4) is 11.5 Å². The maximum atomic E-state index is 13.2. The van der Waals surface area contributed by atoms with Gasteiger partial charge >= 0.3 is 0 Å². The fourth-order valence-electron chi connectivity index (χ4n) is 4.79. The summed E-state index contributed by atoms with van der Waals surface area (Å²) in [4.78, 5) is 31.9. The molecule has 8 nitrogen and oxygen atoms in total. The van der Waals surface area contributed by atoms with Gasteiger partial charge in [0.05, 0.1) is 17.9 Å². The number of aryl methyl sites for hydroxylation is 2. The number of aromatic nitrogens is 2. The number of amides is 1. The number of phenolic OH excluding ortho intramolecular Hbond substituents is 1. The molecule has 0 aliphatic carbocycles. The normalized spacial score (nSPS) is 16.5. The van der Waals surface area contributed by atoms with Crippen molar-refractivity contribution in [2.75, 3.05) is 6.54 Å². The zero-order valence-corrected chi connectivity index (χ0v) is 21.5. The number of likely N-dealkylation sites (tertiary alicyclic amines) is 1. The van der Waals surface area contributed by atoms with Gasteiger partial charge in [0.25, 0.3) is 11.7 Å². The van der Waals surface area contributed by atoms with Gasteiger partial charge in [0.2, 0.25) is 0 Å². The number of carbonyl (C=O) groups excluding carboxylic acids is 2. The Labute approximate surface area is 226 Å². The number of hydrogen-bond donors (Lipinski definition) is 2. The third kappa shape index (κ3) is 5.70. The van der Waals surface area contributed by atoms with E-state index in [2.05, 4.69) is 11.1 Å². The van der Waals surface area contributed by atoms with Gasteiger partial charge in [0.15, 0.2) is 0 Å². The van der Waals surface area contributed by atoms with Crippen LogP contribution in [0.2, 0.25) is 0 Å². The molecular formula is C31H29N3O5. The Hall–Kier alpha value is -4.85. The SMILES string of the molecule is Cc1cccc(COc2ccc(/C(O)=C3\C(=O)C(=O)N(CCCn4ccnc4)C3c3ccc(O)cc3)cc2)c1. The van der Waals surface area contributed by atoms with Crippen LogP contribution in [-0.2, 0) is 22.7 Å². The van der Waals surface area contributed by atoms with Crippen LogP contribution < -0.4 is 4.74 Å². The van der Waals surface area contributed by atoms with Gasteiger partial charge in [0.1, 0.15) is 23.9 Å². The van der Waals surface area contributed by atoms with E-state index in [1.54, 1.807) is 48.9 Å². The maximum absolute atomic E-state index is 13.2. The van der Waals surface area contributed by atoms with Gasteiger partial charge < -0.3 is 24.4 Å². The molecule has 1 saturated heterocycles. The molecule has 0 radical (unpaired) electrons. The standard InChI is InChI=1S/C31H29N3O5/c1-21-4-2-5-22(18-21)19-39-26-12-8-24(9-13-26)29(36)27-28(23-6-10-25(35)11-7-23)34(31(38)30(27)37)16-3-15-33-17-14-32-20-33/h2,4-14,17-18,20,28,35-36H,3,15-16,19H2,1H3/b29-27+. The predicted octanol–water partition coefficient (Wildman–Crippen LogP) is 4.99. The number of hydrogen-bond acceptors (Lipinski definition) is 6. The Morgan fingerprint density at radius 3 is 2.46 bits per heavy atom. The Morgan fingerprint density at radius 2 is 1.77 bits per heavy atom. The number of ether oxygens (including phenoxy) is 1. The lowest BCUT2D eigenvalue weighted by Gasteiger charge is -2.25. The van der Waals surface area contributed by atoms with Crippen LogP contribution in [-0.4, -0.2) is 42.9 Å². The summed E-state index contributed by atoms with van der Waals surface area (Å²) in [6.45, 7) is 3.35. The minimum atomic E-state index is -0.786. The van der Waals surface area contributed by atoms with Crippen molar-refractivity contribution < 1.29 is 24.5 Å². The van der Waals surface area contributed by atoms with Crippen LogP contribution in [0.1, 0.15) is 34.7 Å². The minimum Gasteiger partial charge on any atom is -0.508 e. The average Bonchev–Trinajstić information content (AvgIpc) is 3.55. The first kappa shape index (κ1) is 25.8. The van der Waals surface area contributed by atoms with Crippen LogP contribution >= 0.6 is 0 Å². The number of benzene rings is 3. The Balaban J connectivity index is 1.41. The molecule has 0 saturated carbocycles. The molecule has 2 heterocycles. The van der Waals surface area contributed by atoms with E-state index >= 15 is 0 Å². The highest BCUT2D eigenvalue weighted by molar-refractivity contribution is 6.46. The largest absolute Gasteiger partial charge is 0.508 e. The molecule has 5 rings (SSSR count). The summed E-state index contributed by atoms with van der Waals surface area (Å²) in [7, 11) is 0. The summed E-state index contributed by atoms with van der Waals surface area (Å²) in [5, 5.41) is 21.1. The van der Waals surface area contributed by atoms with Crippen molar-refractivity contribution in [3.63, 3.8) is 0 Å². The first-order valence-electron chi connectivity index (χ1n) is 12.7. The molecule has 1 fully saturated rings. The van der Waals surface area contributed by atoms with Crippen LogP contribution in [0.5, 0.6) is 11.5 Å². The minimum absolute atomic E-state index is 0.0155. The molecule has 1 unspecified atom stereocenters. The summed E-state index contributed by atoms with van der Waals surface area (Å²) >= 11 is 0. The van der Waals surface area contributed by atoms with Crippen molar-refractivity contribution in [3.05, 3.63) is 119 Å². The molecule has 0 spiro atoms. The van der Waals surface area contributed by atoms with Crippen LogP contribution in [0.15, 0.2) is 97.1 Å². The zero-order valence-electron chi connectivity index (χ0n) is 21.5. The van der Waals surface area contributed by atoms with Crippen molar-refractivity contribution in [1.29, 1.82) is 0 Å². The number of Topliss-reactive ketones (excluding diaryl/α,β-unsaturated/α-hetero) is 1. The van der Waals surface area contributed by atoms with Crippen LogP contribution in [0.3, 0.4) is 0 Å². The van der Waals surface area contributed by atoms with Crippen molar-refractivity contribution in [1.82, 2.24) is 14.5 Å². The van der Waals surface area contributed by atoms with Gasteiger partial charge in [-0.1, -0.05) is 42.0 Å². The zero-order chi connectivity index (χ0) is 27.4. The summed E-state index contributed by atoms with van der Waals surface area (Å²) in [6.07, 6.45) is 5.80. The van der Waals surface area contributed by atoms with Gasteiger partial charge in [-0.25, -0.2) is 4.98 Å². The summed E-state index contributed by atoms with van der Waals surface area (Å²) in [6, 6.07) is 20.4. The first-order chi connectivity index (χ1) is 18.9. The fourth-order valence-corrected chi connectivity index (χ4v) is 4.79. The second-order valence-corrected chi connectivity index (χ2v) is 9.54. The first-order valence-corrected chi connectivity index (χ1v) is 12.7. The number of carbonyl (C=O) groups is 2. The molecule has 3 aromatic carbocycles. The number of aliphatic hydroxyl groups is 1. The molecule has 8 heteroatoms. The molecule has 1 aliphatic heterocycles. The van der Waals surface area contributed by atoms with E-state index in [-0.39, 0.29) is 17.1 Å². The molecule has 39 heavy (non-hydrogen) atoms. The van der Waals surface area contributed by atoms with Gasteiger partial charge in [0, 0.05) is 31.0 Å². The van der Waals surface area contributed by atoms with E-state index in [4.69, 9.17) is 4.74 Å². The number of nitrogens with zero attached hydrogens (tertiary/aromatic N) is 3. The van der Waals surface area contributed by atoms with E-state index in [1.165, 1.54) is 17.0 Å². The Kier molecular flexibility index (Phi) is 7.45. The van der Waals surface area contributed by atoms with Crippen molar-refractivity contribution in [2.45, 2.75) is 32.5 Å². The predicted molar refractivity (Wildman–Crippen MR) is 146 cm³/mol. The van der Waals surface area contributed by atoms with Crippen LogP contribution in [0, 0.1) is 6.92 Å². The van der Waals surface area contributed by atoms with E-state index in [0.717, 1.165) is 11.1 Å². The topological polar surface area (TPSA) is 105 Å². The number of aliphatic hydroxyl groups excluding tert-OH is 1. The molecule has 2 N–H and O–H groups in total. The summed E-state index contributed by atoms with van der Waals surface area (Å²) in [5.74, 6) is -0.986. The molecule has 4 aromatic rings. The number of rotatable bonds is 9. The Bertz CT molecular complexity index is 1490. The lowest BCUT2D eigenvalue weighted by molar-refractivity contribution is -0.139. The van der Waals surface area contributed by atoms with E-state index in [0.29, 0.717) is 43.0 Å². The third-order valence-corrected chi connectivity index (χ3v) is 6.74. The average molecular weight is 524 g/mol. The lowest BCUT2D eigenvalue weighted by atomic mass is 9.95. The third-order valence-electron chi connectivity index (χ3n) is 6.74. The highest BCUT2D eigenvalue weighted by Crippen LogP contribution is 2.40. The second-order valence-electron chi connectivity index (χ2n) is 9.54. The molecule has 1 aliphatic rings. The van der Waals surface area contributed by atoms with Crippen molar-refractivity contribution in [2.24, 2.45) is 0 Å². The fraction of sp³-hybridized carbons (Fsp3) is 0.194. The van der Waals surface area contributed by atoms with Gasteiger partial charge in [-0.15, -0.1) is 0 Å². The van der Waals surface area contributed by atoms with E-state index in [9.17, 15) is 19.8 Å². The molecule has 0 bridgehead atoms. The summed E-state index contributed by atoms with van der Waals surface area (Å²) in [5.41, 5.74) is 3.23. The highest BCUT2D eigenvalue weighted by atomic mass is 16.5. The summed E-state index contributed by atoms with van der Waals surface area (Å²) < 4.78 is 7.78. The molecular weight excluding hydrogens is 494 g/mol. The molecule has 1 atom stereocenters. The lowest BCUT2D eigenvalue weighted by Crippen LogP contribution is -2.31. The molecule has 1 amide bonds. The number of imidazole rings is 1. The van der Waals surface area contributed by atoms with Crippen LogP contribution in [0.25, 0.3) is 5.76 Å². The monoisotopic (exact) mass is 523 g/mol. The number of aromatic hydroxyl groups is 1. The van der Waals surface area contributed by atoms with Crippen molar-refractivity contribution >= 4 is 17.4 Å². The van der Waals surface area contributed by atoms with Gasteiger partial charge in [-0.05, 0) is 60.9 Å². The van der Waals surface area contributed by atoms with Gasteiger partial charge in [-0.3, -0.25) is 9.59 Å². The maximum Gasteiger partial charge on any atom is 0.295 e. The molecule has 1 aromatic heterocycles. The van der Waals surface area contributed by atoms with Gasteiger partial charge in [-0.2, -0.15) is 0 Å². The second kappa shape index (κ2) is 11.3. The van der Waals surface area contributed by atoms with E-state index in [1.807, 2.05) is 35.9 Å². The number of ketones is 1. The Morgan fingerprint density at radius 1 is 1.00 bits per heavy atom. The van der Waals surface area contributed by atoms with Crippen LogP contribution in [0.4, 0.5) is 0 Å². The quantitative estimate of drug-likeness (QED) is 0.182. The smallest absolute Gasteiger partial charge is 0.295 e. The van der Waals surface area contributed by atoms with E-state index < -0.39 is 17.7 Å². The highest BCUT2D eigenvalue weighted by Gasteiger charge is 2.45.